The van der Waals surface area contributed by atoms with E-state index in [1.54, 1.807) is 12.3 Å². The smallest absolute Gasteiger partial charge is 0.228 e. The SMILES string of the molecule is O=C(Nc1cc(-c2ccc3ncccc3c2)on1)C1CCC2CC2C1. The second kappa shape index (κ2) is 5.69. The Morgan fingerprint density at radius 2 is 2.08 bits per heavy atom. The molecule has 0 spiro atoms. The number of benzene rings is 1. The molecule has 2 aliphatic rings. The molecule has 126 valence electrons. The molecule has 0 bridgehead atoms. The van der Waals surface area contributed by atoms with Crippen molar-refractivity contribution in [1.82, 2.24) is 10.1 Å². The fourth-order valence-corrected chi connectivity index (χ4v) is 4.02. The molecule has 2 aliphatic carbocycles. The highest BCUT2D eigenvalue weighted by Crippen LogP contribution is 2.51. The summed E-state index contributed by atoms with van der Waals surface area (Å²) in [5, 5.41) is 7.98. The molecule has 5 heteroatoms. The van der Waals surface area contributed by atoms with Gasteiger partial charge in [0.1, 0.15) is 0 Å². The Balaban J connectivity index is 1.33. The van der Waals surface area contributed by atoms with E-state index in [4.69, 9.17) is 4.52 Å². The van der Waals surface area contributed by atoms with Gasteiger partial charge in [0, 0.05) is 29.1 Å². The summed E-state index contributed by atoms with van der Waals surface area (Å²) in [7, 11) is 0. The number of aromatic nitrogens is 2. The summed E-state index contributed by atoms with van der Waals surface area (Å²) < 4.78 is 5.43. The zero-order valence-electron chi connectivity index (χ0n) is 13.8. The summed E-state index contributed by atoms with van der Waals surface area (Å²) in [6, 6.07) is 11.6. The lowest BCUT2D eigenvalue weighted by Gasteiger charge is -2.19. The molecule has 2 saturated carbocycles. The Bertz CT molecular complexity index is 949. The van der Waals surface area contributed by atoms with Crippen molar-refractivity contribution in [3.05, 3.63) is 42.6 Å². The monoisotopic (exact) mass is 333 g/mol. The van der Waals surface area contributed by atoms with Crippen LogP contribution < -0.4 is 5.32 Å². The molecule has 0 radical (unpaired) electrons. The average Bonchev–Trinajstić information content (AvgIpc) is 3.29. The zero-order valence-corrected chi connectivity index (χ0v) is 13.8. The van der Waals surface area contributed by atoms with E-state index in [-0.39, 0.29) is 11.8 Å². The molecular weight excluding hydrogens is 314 g/mol. The van der Waals surface area contributed by atoms with E-state index in [1.165, 1.54) is 12.8 Å². The van der Waals surface area contributed by atoms with Gasteiger partial charge in [-0.25, -0.2) is 0 Å². The average molecular weight is 333 g/mol. The molecular formula is C20H19N3O2. The molecule has 3 aromatic rings. The predicted octanol–water partition coefficient (Wildman–Crippen LogP) is 4.26. The van der Waals surface area contributed by atoms with Crippen molar-refractivity contribution in [3.63, 3.8) is 0 Å². The van der Waals surface area contributed by atoms with Gasteiger partial charge in [-0.2, -0.15) is 0 Å². The molecule has 2 fully saturated rings. The third-order valence-corrected chi connectivity index (χ3v) is 5.56. The molecule has 3 atom stereocenters. The lowest BCUT2D eigenvalue weighted by molar-refractivity contribution is -0.120. The number of anilines is 1. The van der Waals surface area contributed by atoms with E-state index in [0.717, 1.165) is 41.1 Å². The van der Waals surface area contributed by atoms with Crippen molar-refractivity contribution < 1.29 is 9.32 Å². The van der Waals surface area contributed by atoms with Crippen LogP contribution in [0.1, 0.15) is 25.7 Å². The van der Waals surface area contributed by atoms with Crippen molar-refractivity contribution in [1.29, 1.82) is 0 Å². The van der Waals surface area contributed by atoms with Gasteiger partial charge in [0.15, 0.2) is 11.6 Å². The van der Waals surface area contributed by atoms with Gasteiger partial charge >= 0.3 is 0 Å². The van der Waals surface area contributed by atoms with Crippen LogP contribution in [0.15, 0.2) is 47.1 Å². The lowest BCUT2D eigenvalue weighted by atomic mass is 9.89. The van der Waals surface area contributed by atoms with Crippen LogP contribution >= 0.6 is 0 Å². The van der Waals surface area contributed by atoms with Gasteiger partial charge in [-0.15, -0.1) is 0 Å². The minimum absolute atomic E-state index is 0.0768. The van der Waals surface area contributed by atoms with Crippen LogP contribution in [-0.2, 0) is 4.79 Å². The van der Waals surface area contributed by atoms with Crippen LogP contribution in [0.4, 0.5) is 5.82 Å². The van der Waals surface area contributed by atoms with Crippen molar-refractivity contribution >= 4 is 22.6 Å². The van der Waals surface area contributed by atoms with Crippen LogP contribution in [0.2, 0.25) is 0 Å². The number of fused-ring (bicyclic) bond motifs is 2. The van der Waals surface area contributed by atoms with Gasteiger partial charge in [-0.05, 0) is 61.8 Å². The highest BCUT2D eigenvalue weighted by Gasteiger charge is 2.43. The molecule has 2 aromatic heterocycles. The second-order valence-electron chi connectivity index (χ2n) is 7.24. The van der Waals surface area contributed by atoms with Crippen LogP contribution in [0, 0.1) is 17.8 Å². The normalized spacial score (nSPS) is 24.7. The van der Waals surface area contributed by atoms with Crippen LogP contribution in [0.25, 0.3) is 22.2 Å². The second-order valence-corrected chi connectivity index (χ2v) is 7.24. The number of amides is 1. The summed E-state index contributed by atoms with van der Waals surface area (Å²) in [5.41, 5.74) is 1.86. The van der Waals surface area contributed by atoms with Crippen molar-refractivity contribution in [2.24, 2.45) is 17.8 Å². The maximum atomic E-state index is 12.5. The highest BCUT2D eigenvalue weighted by atomic mass is 16.5. The molecule has 2 heterocycles. The third kappa shape index (κ3) is 2.80. The molecule has 0 aliphatic heterocycles. The fourth-order valence-electron chi connectivity index (χ4n) is 4.02. The van der Waals surface area contributed by atoms with Gasteiger partial charge in [-0.3, -0.25) is 9.78 Å². The maximum Gasteiger partial charge on any atom is 0.228 e. The summed E-state index contributed by atoms with van der Waals surface area (Å²) in [6.45, 7) is 0. The van der Waals surface area contributed by atoms with E-state index in [9.17, 15) is 4.79 Å². The van der Waals surface area contributed by atoms with Crippen molar-refractivity contribution in [2.75, 3.05) is 5.32 Å². The standard InChI is InChI=1S/C20H19N3O2/c24-20(15-4-3-12-8-16(12)10-15)22-19-11-18(25-23-19)14-5-6-17-13(9-14)2-1-7-21-17/h1-2,5-7,9,11-12,15-16H,3-4,8,10H2,(H,22,23,24). The highest BCUT2D eigenvalue weighted by molar-refractivity contribution is 5.92. The van der Waals surface area contributed by atoms with E-state index in [0.29, 0.717) is 11.6 Å². The van der Waals surface area contributed by atoms with Gasteiger partial charge in [0.05, 0.1) is 5.52 Å². The fraction of sp³-hybridized carbons (Fsp3) is 0.350. The molecule has 0 saturated heterocycles. The first-order valence-corrected chi connectivity index (χ1v) is 8.89. The first kappa shape index (κ1) is 14.6. The Labute approximate surface area is 145 Å². The van der Waals surface area contributed by atoms with Crippen LogP contribution in [-0.4, -0.2) is 16.0 Å². The Morgan fingerprint density at radius 1 is 1.12 bits per heavy atom. The number of pyridine rings is 1. The molecule has 1 aromatic carbocycles. The van der Waals surface area contributed by atoms with E-state index >= 15 is 0 Å². The largest absolute Gasteiger partial charge is 0.354 e. The summed E-state index contributed by atoms with van der Waals surface area (Å²) in [4.78, 5) is 16.8. The number of carbonyl (C=O) groups excluding carboxylic acids is 1. The van der Waals surface area contributed by atoms with E-state index < -0.39 is 0 Å². The maximum absolute atomic E-state index is 12.5. The number of hydrogen-bond acceptors (Lipinski definition) is 4. The summed E-state index contributed by atoms with van der Waals surface area (Å²) in [5.74, 6) is 3.01. The number of carbonyl (C=O) groups is 1. The van der Waals surface area contributed by atoms with Crippen LogP contribution in [0.5, 0.6) is 0 Å². The zero-order chi connectivity index (χ0) is 16.8. The topological polar surface area (TPSA) is 68.0 Å². The first-order chi connectivity index (χ1) is 12.3. The van der Waals surface area contributed by atoms with Crippen molar-refractivity contribution in [2.45, 2.75) is 25.7 Å². The number of nitrogens with one attached hydrogen (secondary N) is 1. The van der Waals surface area contributed by atoms with E-state index in [1.807, 2.05) is 30.3 Å². The van der Waals surface area contributed by atoms with Gasteiger partial charge in [0.2, 0.25) is 5.91 Å². The molecule has 25 heavy (non-hydrogen) atoms. The molecule has 1 N–H and O–H groups in total. The summed E-state index contributed by atoms with van der Waals surface area (Å²) in [6.07, 6.45) is 6.31. The number of rotatable bonds is 3. The Morgan fingerprint density at radius 3 is 3.00 bits per heavy atom. The van der Waals surface area contributed by atoms with Gasteiger partial charge in [-0.1, -0.05) is 11.2 Å². The van der Waals surface area contributed by atoms with Gasteiger partial charge < -0.3 is 9.84 Å². The minimum atomic E-state index is 0.0768. The molecule has 5 nitrogen and oxygen atoms in total. The number of nitrogens with zero attached hydrogens (tertiary/aromatic N) is 2. The molecule has 1 amide bonds. The number of hydrogen-bond donors (Lipinski definition) is 1. The lowest BCUT2D eigenvalue weighted by Crippen LogP contribution is -2.25. The Kier molecular flexibility index (Phi) is 3.33. The van der Waals surface area contributed by atoms with Crippen LogP contribution in [0.3, 0.4) is 0 Å². The molecule has 5 rings (SSSR count). The van der Waals surface area contributed by atoms with Crippen molar-refractivity contribution in [3.8, 4) is 11.3 Å². The quantitative estimate of drug-likeness (QED) is 0.777. The minimum Gasteiger partial charge on any atom is -0.354 e. The van der Waals surface area contributed by atoms with Gasteiger partial charge in [0.25, 0.3) is 0 Å². The van der Waals surface area contributed by atoms with E-state index in [2.05, 4.69) is 15.5 Å². The third-order valence-electron chi connectivity index (χ3n) is 5.56. The molecule has 3 unspecified atom stereocenters. The predicted molar refractivity (Wildman–Crippen MR) is 94.8 cm³/mol. The summed E-state index contributed by atoms with van der Waals surface area (Å²) >= 11 is 0. The first-order valence-electron chi connectivity index (χ1n) is 8.89. The Hall–Kier alpha value is -2.69.